The van der Waals surface area contributed by atoms with E-state index in [2.05, 4.69) is 0 Å². The molecule has 2 nitrogen and oxygen atoms in total. The van der Waals surface area contributed by atoms with Gasteiger partial charge in [0.1, 0.15) is 11.2 Å². The maximum Gasteiger partial charge on any atom is 0.133 e. The van der Waals surface area contributed by atoms with Crippen LogP contribution in [0.5, 0.6) is 0 Å². The SMILES string of the molecule is N#CSCc1ccco1. The molecule has 0 aliphatic carbocycles. The van der Waals surface area contributed by atoms with E-state index in [1.807, 2.05) is 17.5 Å². The van der Waals surface area contributed by atoms with Gasteiger partial charge in [-0.1, -0.05) is 0 Å². The number of thioether (sulfide) groups is 1. The topological polar surface area (TPSA) is 36.9 Å². The van der Waals surface area contributed by atoms with Gasteiger partial charge in [-0.3, -0.25) is 0 Å². The number of nitrogens with zero attached hydrogens (tertiary/aromatic N) is 1. The minimum atomic E-state index is 0.642. The van der Waals surface area contributed by atoms with Gasteiger partial charge in [-0.05, 0) is 23.9 Å². The van der Waals surface area contributed by atoms with E-state index in [-0.39, 0.29) is 0 Å². The van der Waals surface area contributed by atoms with Crippen molar-refractivity contribution in [2.24, 2.45) is 0 Å². The first-order valence-electron chi connectivity index (χ1n) is 2.47. The number of furan rings is 1. The number of rotatable bonds is 2. The van der Waals surface area contributed by atoms with Gasteiger partial charge in [0.05, 0.1) is 12.0 Å². The highest BCUT2D eigenvalue weighted by atomic mass is 32.2. The van der Waals surface area contributed by atoms with Crippen molar-refractivity contribution in [3.63, 3.8) is 0 Å². The molecule has 1 heterocycles. The van der Waals surface area contributed by atoms with Crippen LogP contribution >= 0.6 is 11.8 Å². The van der Waals surface area contributed by atoms with Crippen LogP contribution in [0.1, 0.15) is 5.76 Å². The predicted molar refractivity (Wildman–Crippen MR) is 35.6 cm³/mol. The third-order valence-corrected chi connectivity index (χ3v) is 1.42. The van der Waals surface area contributed by atoms with Crippen molar-refractivity contribution in [2.75, 3.05) is 0 Å². The number of hydrogen-bond acceptors (Lipinski definition) is 3. The zero-order valence-electron chi connectivity index (χ0n) is 4.70. The quantitative estimate of drug-likeness (QED) is 0.588. The van der Waals surface area contributed by atoms with Gasteiger partial charge in [0.15, 0.2) is 0 Å². The van der Waals surface area contributed by atoms with Crippen LogP contribution in [0.2, 0.25) is 0 Å². The summed E-state index contributed by atoms with van der Waals surface area (Å²) in [6.45, 7) is 0. The monoisotopic (exact) mass is 139 g/mol. The van der Waals surface area contributed by atoms with E-state index in [1.165, 1.54) is 11.8 Å². The van der Waals surface area contributed by atoms with E-state index in [4.69, 9.17) is 9.68 Å². The van der Waals surface area contributed by atoms with Gasteiger partial charge in [-0.25, -0.2) is 0 Å². The summed E-state index contributed by atoms with van der Waals surface area (Å²) in [5.41, 5.74) is 0. The van der Waals surface area contributed by atoms with E-state index in [9.17, 15) is 0 Å². The first kappa shape index (κ1) is 6.24. The molecule has 0 amide bonds. The van der Waals surface area contributed by atoms with Crippen LogP contribution < -0.4 is 0 Å². The Morgan fingerprint density at radius 2 is 2.67 bits per heavy atom. The van der Waals surface area contributed by atoms with Crippen molar-refractivity contribution >= 4 is 11.8 Å². The van der Waals surface area contributed by atoms with Gasteiger partial charge in [0.25, 0.3) is 0 Å². The molecule has 0 aliphatic rings. The Balaban J connectivity index is 2.41. The Kier molecular flexibility index (Phi) is 2.22. The first-order chi connectivity index (χ1) is 4.43. The molecule has 0 atom stereocenters. The molecule has 0 bridgehead atoms. The van der Waals surface area contributed by atoms with Gasteiger partial charge in [0.2, 0.25) is 0 Å². The normalized spacial score (nSPS) is 8.78. The number of hydrogen-bond donors (Lipinski definition) is 0. The van der Waals surface area contributed by atoms with Crippen molar-refractivity contribution in [3.05, 3.63) is 24.2 Å². The van der Waals surface area contributed by atoms with Gasteiger partial charge in [-0.15, -0.1) is 0 Å². The maximum absolute atomic E-state index is 8.14. The van der Waals surface area contributed by atoms with E-state index in [0.29, 0.717) is 5.75 Å². The molecule has 9 heavy (non-hydrogen) atoms. The van der Waals surface area contributed by atoms with Crippen LogP contribution in [0.15, 0.2) is 22.8 Å². The standard InChI is InChI=1S/C6H5NOS/c7-5-9-4-6-2-1-3-8-6/h1-3H,4H2. The molecule has 0 fully saturated rings. The summed E-state index contributed by atoms with van der Waals surface area (Å²) in [5, 5.41) is 10.1. The Morgan fingerprint density at radius 1 is 1.78 bits per heavy atom. The predicted octanol–water partition coefficient (Wildman–Crippen LogP) is 1.99. The Hall–Kier alpha value is -0.880. The van der Waals surface area contributed by atoms with Gasteiger partial charge < -0.3 is 4.42 Å². The third kappa shape index (κ3) is 1.82. The molecule has 0 N–H and O–H groups in total. The zero-order chi connectivity index (χ0) is 6.53. The molecule has 3 heteroatoms. The second-order valence-electron chi connectivity index (χ2n) is 1.46. The van der Waals surface area contributed by atoms with E-state index in [0.717, 1.165) is 5.76 Å². The summed E-state index contributed by atoms with van der Waals surface area (Å²) < 4.78 is 4.96. The molecule has 1 aromatic heterocycles. The fraction of sp³-hybridized carbons (Fsp3) is 0.167. The minimum absolute atomic E-state index is 0.642. The summed E-state index contributed by atoms with van der Waals surface area (Å²) in [6, 6.07) is 3.66. The molecule has 0 aromatic carbocycles. The van der Waals surface area contributed by atoms with E-state index in [1.54, 1.807) is 6.26 Å². The van der Waals surface area contributed by atoms with Crippen molar-refractivity contribution in [1.82, 2.24) is 0 Å². The fourth-order valence-electron chi connectivity index (χ4n) is 0.498. The smallest absolute Gasteiger partial charge is 0.133 e. The lowest BCUT2D eigenvalue weighted by atomic mass is 10.5. The lowest BCUT2D eigenvalue weighted by molar-refractivity contribution is 0.530. The van der Waals surface area contributed by atoms with E-state index >= 15 is 0 Å². The first-order valence-corrected chi connectivity index (χ1v) is 3.45. The van der Waals surface area contributed by atoms with Gasteiger partial charge >= 0.3 is 0 Å². The van der Waals surface area contributed by atoms with Crippen LogP contribution in [0, 0.1) is 10.7 Å². The Labute approximate surface area is 57.5 Å². The highest BCUT2D eigenvalue weighted by Crippen LogP contribution is 2.09. The summed E-state index contributed by atoms with van der Waals surface area (Å²) >= 11 is 1.18. The molecule has 1 rings (SSSR count). The highest BCUT2D eigenvalue weighted by Gasteiger charge is 1.92. The zero-order valence-corrected chi connectivity index (χ0v) is 5.52. The molecular formula is C6H5NOS. The molecule has 0 saturated heterocycles. The van der Waals surface area contributed by atoms with Crippen LogP contribution in [0.4, 0.5) is 0 Å². The molecule has 46 valence electrons. The summed E-state index contributed by atoms with van der Waals surface area (Å²) in [7, 11) is 0. The summed E-state index contributed by atoms with van der Waals surface area (Å²) in [4.78, 5) is 0. The van der Waals surface area contributed by atoms with Crippen molar-refractivity contribution in [3.8, 4) is 5.40 Å². The molecule has 0 saturated carbocycles. The second kappa shape index (κ2) is 3.21. The van der Waals surface area contributed by atoms with Crippen LogP contribution in [0.3, 0.4) is 0 Å². The minimum Gasteiger partial charge on any atom is -0.468 e. The summed E-state index contributed by atoms with van der Waals surface area (Å²) in [5.74, 6) is 1.49. The van der Waals surface area contributed by atoms with E-state index < -0.39 is 0 Å². The third-order valence-electron chi connectivity index (χ3n) is 0.859. The molecule has 0 unspecified atom stereocenters. The molecular weight excluding hydrogens is 134 g/mol. The van der Waals surface area contributed by atoms with Crippen molar-refractivity contribution in [1.29, 1.82) is 5.26 Å². The van der Waals surface area contributed by atoms with Crippen molar-refractivity contribution < 1.29 is 4.42 Å². The maximum atomic E-state index is 8.14. The van der Waals surface area contributed by atoms with Crippen LogP contribution in [0.25, 0.3) is 0 Å². The second-order valence-corrected chi connectivity index (χ2v) is 2.22. The average Bonchev–Trinajstić information content (AvgIpc) is 2.34. The van der Waals surface area contributed by atoms with Crippen molar-refractivity contribution in [2.45, 2.75) is 5.75 Å². The molecule has 0 spiro atoms. The Morgan fingerprint density at radius 3 is 3.22 bits per heavy atom. The van der Waals surface area contributed by atoms with Gasteiger partial charge in [0, 0.05) is 0 Å². The van der Waals surface area contributed by atoms with Crippen LogP contribution in [-0.2, 0) is 5.75 Å². The molecule has 1 aromatic rings. The molecule has 0 aliphatic heterocycles. The lowest BCUT2D eigenvalue weighted by Gasteiger charge is -1.83. The average molecular weight is 139 g/mol. The van der Waals surface area contributed by atoms with Gasteiger partial charge in [-0.2, -0.15) is 5.26 Å². The lowest BCUT2D eigenvalue weighted by Crippen LogP contribution is -1.68. The number of nitriles is 1. The van der Waals surface area contributed by atoms with Crippen LogP contribution in [-0.4, -0.2) is 0 Å². The highest BCUT2D eigenvalue weighted by molar-refractivity contribution is 8.02. The number of thiocyanates is 1. The summed E-state index contributed by atoms with van der Waals surface area (Å²) in [6.07, 6.45) is 1.60. The largest absolute Gasteiger partial charge is 0.468 e. The fourth-order valence-corrected chi connectivity index (χ4v) is 0.869. The molecule has 0 radical (unpaired) electrons. The Bertz CT molecular complexity index is 199.